The van der Waals surface area contributed by atoms with E-state index in [0.29, 0.717) is 0 Å². The Balaban J connectivity index is 0.950. The Hall–Kier alpha value is -5.53. The fraction of sp³-hybridized carbons (Fsp3) is 0.347. The number of likely N-dealkylation sites (tertiary alicyclic amines) is 1. The average Bonchev–Trinajstić information content (AvgIpc) is 4.12. The molecule has 0 aliphatic carbocycles. The van der Waals surface area contributed by atoms with Crippen molar-refractivity contribution in [1.82, 2.24) is 44.9 Å². The van der Waals surface area contributed by atoms with Crippen LogP contribution < -0.4 is 5.32 Å². The summed E-state index contributed by atoms with van der Waals surface area (Å²) in [5.74, 6) is 2.64. The molecule has 12 heteroatoms. The summed E-state index contributed by atoms with van der Waals surface area (Å²) in [6.45, 7) is 1.63. The van der Waals surface area contributed by atoms with Crippen LogP contribution in [-0.4, -0.2) is 111 Å². The van der Waals surface area contributed by atoms with E-state index in [9.17, 15) is 9.59 Å². The van der Waals surface area contributed by atoms with Gasteiger partial charge >= 0.3 is 0 Å². The number of benzene rings is 4. The second kappa shape index (κ2) is 19.0. The van der Waals surface area contributed by atoms with Crippen LogP contribution in [0, 0.1) is 0 Å². The Labute approximate surface area is 364 Å². The van der Waals surface area contributed by atoms with Gasteiger partial charge in [-0.25, -0.2) is 9.97 Å². The molecule has 2 aliphatic heterocycles. The fourth-order valence-electron chi connectivity index (χ4n) is 8.94. The second-order valence-electron chi connectivity index (χ2n) is 16.6. The third-order valence-electron chi connectivity index (χ3n) is 12.0. The number of H-pyrrole nitrogens is 2. The number of carbonyl (C=O) groups excluding carboxylic acids is 2. The average molecular weight is 836 g/mol. The molecule has 2 unspecified atom stereocenters. The molecule has 0 bridgehead atoms. The van der Waals surface area contributed by atoms with E-state index in [-0.39, 0.29) is 41.4 Å². The number of imidazole rings is 2. The first-order valence-corrected chi connectivity index (χ1v) is 22.4. The Bertz CT molecular complexity index is 2360. The van der Waals surface area contributed by atoms with Gasteiger partial charge in [-0.15, -0.1) is 11.8 Å². The minimum Gasteiger partial charge on any atom is -0.340 e. The molecular weight excluding hydrogens is 779 g/mol. The van der Waals surface area contributed by atoms with Crippen LogP contribution in [0.3, 0.4) is 0 Å². The number of amides is 2. The lowest BCUT2D eigenvalue weighted by Gasteiger charge is -2.34. The zero-order valence-corrected chi connectivity index (χ0v) is 36.6. The van der Waals surface area contributed by atoms with Gasteiger partial charge < -0.3 is 25.1 Å². The monoisotopic (exact) mass is 835 g/mol. The molecule has 6 aromatic rings. The Morgan fingerprint density at radius 1 is 0.705 bits per heavy atom. The van der Waals surface area contributed by atoms with Gasteiger partial charge in [0, 0.05) is 12.3 Å². The molecule has 0 spiro atoms. The number of aromatic amines is 2. The van der Waals surface area contributed by atoms with Gasteiger partial charge in [-0.2, -0.15) is 0 Å². The highest BCUT2D eigenvalue weighted by Crippen LogP contribution is 2.43. The van der Waals surface area contributed by atoms with Crippen molar-refractivity contribution in [3.05, 3.63) is 144 Å². The molecule has 316 valence electrons. The van der Waals surface area contributed by atoms with Crippen molar-refractivity contribution in [3.63, 3.8) is 0 Å². The van der Waals surface area contributed by atoms with Crippen molar-refractivity contribution < 1.29 is 9.59 Å². The topological polar surface area (TPSA) is 116 Å². The number of nitrogens with zero attached hydrogens (tertiary/aromatic N) is 6. The molecule has 2 aliphatic rings. The molecule has 2 saturated heterocycles. The molecule has 2 fully saturated rings. The van der Waals surface area contributed by atoms with Crippen molar-refractivity contribution in [3.8, 4) is 33.6 Å². The standard InChI is InChI=1S/C49H57N9O2S/c1-50-28-12-19-43-58(49(60)45(56(4)5)38-16-10-7-11-17-38)42(32-61-43)47-52-31-40(54-47)36-26-22-34(23-27-36)33-20-24-35(25-21-33)39-30-51-46(53-39)41-18-13-29-57(41)48(59)44(55(2)3)37-14-8-6-9-15-37/h6-11,14-17,20-27,30-31,41-45,50H,12-13,18-19,28-29,32H2,1-5H3,(H,51,53)(H,52,54)/t41-,42-,43?,44+,45?/m0/s1. The SMILES string of the molecule is CNCCCC1SC[C@@H](c2ncc(-c3ccc(-c4ccc(-c5cnc([C@@H]6CCCN6C(=O)[C@@H](c6ccccc6)N(C)C)[nH]5)cc4)cc3)[nH]2)N1C(=O)C(c1ccccc1)N(C)C. The third-order valence-corrected chi connectivity index (χ3v) is 13.4. The van der Waals surface area contributed by atoms with E-state index in [1.807, 2.05) is 135 Å². The van der Waals surface area contributed by atoms with Crippen LogP contribution >= 0.6 is 11.8 Å². The molecule has 2 aromatic heterocycles. The smallest absolute Gasteiger partial charge is 0.246 e. The zero-order valence-electron chi connectivity index (χ0n) is 35.8. The predicted octanol–water partition coefficient (Wildman–Crippen LogP) is 8.35. The number of thioether (sulfide) groups is 1. The number of hydrogen-bond acceptors (Lipinski definition) is 8. The van der Waals surface area contributed by atoms with Gasteiger partial charge in [0.2, 0.25) is 11.8 Å². The van der Waals surface area contributed by atoms with Gasteiger partial charge in [0.1, 0.15) is 23.7 Å². The normalized spacial score (nSPS) is 18.9. The number of aromatic nitrogens is 4. The highest BCUT2D eigenvalue weighted by molar-refractivity contribution is 8.00. The van der Waals surface area contributed by atoms with Crippen molar-refractivity contribution >= 4 is 23.6 Å². The summed E-state index contributed by atoms with van der Waals surface area (Å²) in [5.41, 5.74) is 8.14. The largest absolute Gasteiger partial charge is 0.340 e. The highest BCUT2D eigenvalue weighted by Gasteiger charge is 2.43. The van der Waals surface area contributed by atoms with Crippen LogP contribution in [0.15, 0.2) is 122 Å². The molecular formula is C49H57N9O2S. The van der Waals surface area contributed by atoms with Gasteiger partial charge in [0.15, 0.2) is 0 Å². The summed E-state index contributed by atoms with van der Waals surface area (Å²) in [5, 5.41) is 3.33. The van der Waals surface area contributed by atoms with E-state index in [4.69, 9.17) is 9.97 Å². The number of hydrogen-bond donors (Lipinski definition) is 3. The van der Waals surface area contributed by atoms with Crippen molar-refractivity contribution in [2.45, 2.75) is 55.2 Å². The van der Waals surface area contributed by atoms with Gasteiger partial charge in [0.25, 0.3) is 0 Å². The van der Waals surface area contributed by atoms with Crippen LogP contribution in [-0.2, 0) is 9.59 Å². The molecule has 61 heavy (non-hydrogen) atoms. The third kappa shape index (κ3) is 9.09. The van der Waals surface area contributed by atoms with Gasteiger partial charge in [-0.3, -0.25) is 19.4 Å². The van der Waals surface area contributed by atoms with E-state index < -0.39 is 0 Å². The van der Waals surface area contributed by atoms with Gasteiger partial charge in [-0.1, -0.05) is 109 Å². The first kappa shape index (κ1) is 42.2. The first-order valence-electron chi connectivity index (χ1n) is 21.3. The lowest BCUT2D eigenvalue weighted by atomic mass is 10.0. The molecule has 11 nitrogen and oxygen atoms in total. The molecule has 4 heterocycles. The Morgan fingerprint density at radius 2 is 1.20 bits per heavy atom. The minimum absolute atomic E-state index is 0.0706. The quantitative estimate of drug-likeness (QED) is 0.0885. The van der Waals surface area contributed by atoms with Crippen LogP contribution in [0.4, 0.5) is 0 Å². The molecule has 5 atom stereocenters. The summed E-state index contributed by atoms with van der Waals surface area (Å²) in [7, 11) is 9.85. The number of nitrogens with one attached hydrogen (secondary N) is 3. The molecule has 3 N–H and O–H groups in total. The second-order valence-corrected chi connectivity index (χ2v) is 17.8. The Kier molecular flexibility index (Phi) is 13.2. The maximum absolute atomic E-state index is 14.5. The summed E-state index contributed by atoms with van der Waals surface area (Å²) in [6.07, 6.45) is 7.50. The number of carbonyl (C=O) groups is 2. The van der Waals surface area contributed by atoms with Crippen molar-refractivity contribution in [2.24, 2.45) is 0 Å². The zero-order chi connectivity index (χ0) is 42.5. The van der Waals surface area contributed by atoms with Crippen molar-refractivity contribution in [2.75, 3.05) is 54.1 Å². The summed E-state index contributed by atoms with van der Waals surface area (Å²) in [6, 6.07) is 36.1. The lowest BCUT2D eigenvalue weighted by molar-refractivity contribution is -0.139. The highest BCUT2D eigenvalue weighted by atomic mass is 32.2. The van der Waals surface area contributed by atoms with Crippen molar-refractivity contribution in [1.29, 1.82) is 0 Å². The van der Waals surface area contributed by atoms with Crippen LogP contribution in [0.5, 0.6) is 0 Å². The Morgan fingerprint density at radius 3 is 1.70 bits per heavy atom. The first-order chi connectivity index (χ1) is 29.7. The number of rotatable bonds is 15. The molecule has 2 amide bonds. The van der Waals surface area contributed by atoms with E-state index in [1.54, 1.807) is 0 Å². The van der Waals surface area contributed by atoms with E-state index >= 15 is 0 Å². The van der Waals surface area contributed by atoms with Gasteiger partial charge in [-0.05, 0) is 101 Å². The predicted molar refractivity (Wildman–Crippen MR) is 245 cm³/mol. The summed E-state index contributed by atoms with van der Waals surface area (Å²) >= 11 is 1.85. The van der Waals surface area contributed by atoms with E-state index in [1.165, 1.54) is 0 Å². The molecule has 8 rings (SSSR count). The van der Waals surface area contributed by atoms with Gasteiger partial charge in [0.05, 0.1) is 41.2 Å². The van der Waals surface area contributed by atoms with Crippen LogP contribution in [0.2, 0.25) is 0 Å². The van der Waals surface area contributed by atoms with Crippen LogP contribution in [0.25, 0.3) is 33.6 Å². The van der Waals surface area contributed by atoms with Crippen LogP contribution in [0.1, 0.15) is 72.6 Å². The lowest BCUT2D eigenvalue weighted by Crippen LogP contribution is -2.44. The summed E-state index contributed by atoms with van der Waals surface area (Å²) in [4.78, 5) is 53.4. The molecule has 4 aromatic carbocycles. The maximum Gasteiger partial charge on any atom is 0.246 e. The van der Waals surface area contributed by atoms with E-state index in [0.717, 1.165) is 101 Å². The maximum atomic E-state index is 14.5. The number of likely N-dealkylation sites (N-methyl/N-ethyl adjacent to an activating group) is 2. The fourth-order valence-corrected chi connectivity index (χ4v) is 10.4. The molecule has 0 radical (unpaired) electrons. The van der Waals surface area contributed by atoms with E-state index in [2.05, 4.69) is 68.7 Å². The molecule has 0 saturated carbocycles. The minimum atomic E-state index is -0.385. The summed E-state index contributed by atoms with van der Waals surface area (Å²) < 4.78 is 0.